The molecule has 0 saturated carbocycles. The molecule has 1 aromatic carbocycles. The number of carbonyl (C=O) groups is 2. The highest BCUT2D eigenvalue weighted by Gasteiger charge is 2.24. The van der Waals surface area contributed by atoms with Crippen molar-refractivity contribution in [1.82, 2.24) is 5.16 Å². The van der Waals surface area contributed by atoms with Crippen molar-refractivity contribution in [1.29, 1.82) is 0 Å². The number of nitrogens with one attached hydrogen (secondary N) is 1. The summed E-state index contributed by atoms with van der Waals surface area (Å²) >= 11 is 11.9. The van der Waals surface area contributed by atoms with Crippen LogP contribution in [0.2, 0.25) is 10.0 Å². The zero-order valence-corrected chi connectivity index (χ0v) is 14.9. The van der Waals surface area contributed by atoms with E-state index in [4.69, 9.17) is 32.5 Å². The largest absolute Gasteiger partial charge is 0.452 e. The summed E-state index contributed by atoms with van der Waals surface area (Å²) in [6, 6.07) is 4.83. The first-order valence-electron chi connectivity index (χ1n) is 7.18. The third-order valence-electron chi connectivity index (χ3n) is 3.18. The summed E-state index contributed by atoms with van der Waals surface area (Å²) in [6.07, 6.45) is 0. The minimum Gasteiger partial charge on any atom is -0.452 e. The molecule has 6 nitrogen and oxygen atoms in total. The van der Waals surface area contributed by atoms with Crippen molar-refractivity contribution < 1.29 is 18.8 Å². The number of hydrogen-bond donors (Lipinski definition) is 1. The normalized spacial score (nSPS) is 10.8. The van der Waals surface area contributed by atoms with Gasteiger partial charge in [0.25, 0.3) is 5.91 Å². The molecule has 0 atom stereocenters. The summed E-state index contributed by atoms with van der Waals surface area (Å²) < 4.78 is 10.2. The lowest BCUT2D eigenvalue weighted by Crippen LogP contribution is -2.22. The van der Waals surface area contributed by atoms with Crippen LogP contribution in [0.4, 0.5) is 5.69 Å². The Balaban J connectivity index is 2.02. The minimum absolute atomic E-state index is 0.0375. The Morgan fingerprint density at radius 3 is 2.50 bits per heavy atom. The standard InChI is InChI=1S/C16H16Cl2N2O4/c1-8(2)15-13(9(3)20-24-15)16(22)23-7-12(21)19-14-10(17)5-4-6-11(14)18/h4-6,8H,7H2,1-3H3,(H,19,21). The maximum Gasteiger partial charge on any atom is 0.344 e. The molecular weight excluding hydrogens is 355 g/mol. The van der Waals surface area contributed by atoms with Crippen LogP contribution < -0.4 is 5.32 Å². The fourth-order valence-corrected chi connectivity index (χ4v) is 2.52. The Labute approximate surface area is 149 Å². The van der Waals surface area contributed by atoms with Crippen molar-refractivity contribution in [2.45, 2.75) is 26.7 Å². The lowest BCUT2D eigenvalue weighted by Gasteiger charge is -2.10. The molecule has 0 spiro atoms. The third-order valence-corrected chi connectivity index (χ3v) is 3.81. The van der Waals surface area contributed by atoms with Crippen LogP contribution in [0.3, 0.4) is 0 Å². The predicted octanol–water partition coefficient (Wildman–Crippen LogP) is 4.21. The second-order valence-corrected chi connectivity index (χ2v) is 6.20. The van der Waals surface area contributed by atoms with E-state index >= 15 is 0 Å². The number of nitrogens with zero attached hydrogens (tertiary/aromatic N) is 1. The van der Waals surface area contributed by atoms with E-state index in [1.807, 2.05) is 13.8 Å². The summed E-state index contributed by atoms with van der Waals surface area (Å²) in [4.78, 5) is 24.1. The molecule has 0 aliphatic heterocycles. The van der Waals surface area contributed by atoms with Crippen molar-refractivity contribution >= 4 is 40.8 Å². The Morgan fingerprint density at radius 2 is 1.92 bits per heavy atom. The molecular formula is C16H16Cl2N2O4. The van der Waals surface area contributed by atoms with E-state index in [0.29, 0.717) is 21.5 Å². The van der Waals surface area contributed by atoms with E-state index in [1.54, 1.807) is 25.1 Å². The molecule has 8 heteroatoms. The highest BCUT2D eigenvalue weighted by molar-refractivity contribution is 6.39. The number of carbonyl (C=O) groups excluding carboxylic acids is 2. The van der Waals surface area contributed by atoms with Gasteiger partial charge < -0.3 is 14.6 Å². The summed E-state index contributed by atoms with van der Waals surface area (Å²) in [7, 11) is 0. The number of ether oxygens (including phenoxy) is 1. The molecule has 0 fully saturated rings. The first-order valence-corrected chi connectivity index (χ1v) is 7.94. The Morgan fingerprint density at radius 1 is 1.29 bits per heavy atom. The number of aromatic nitrogens is 1. The fourth-order valence-electron chi connectivity index (χ4n) is 2.03. The van der Waals surface area contributed by atoms with Crippen molar-refractivity contribution in [3.63, 3.8) is 0 Å². The first-order chi connectivity index (χ1) is 11.3. The number of benzene rings is 1. The fraction of sp³-hybridized carbons (Fsp3) is 0.312. The monoisotopic (exact) mass is 370 g/mol. The molecule has 24 heavy (non-hydrogen) atoms. The van der Waals surface area contributed by atoms with Crippen LogP contribution in [-0.4, -0.2) is 23.6 Å². The second-order valence-electron chi connectivity index (χ2n) is 5.38. The summed E-state index contributed by atoms with van der Waals surface area (Å²) in [5.41, 5.74) is 0.928. The molecule has 1 aromatic heterocycles. The van der Waals surface area contributed by atoms with Crippen molar-refractivity contribution in [3.05, 3.63) is 45.3 Å². The van der Waals surface area contributed by atoms with Crippen LogP contribution in [0.25, 0.3) is 0 Å². The lowest BCUT2D eigenvalue weighted by atomic mass is 10.1. The average molecular weight is 371 g/mol. The summed E-state index contributed by atoms with van der Waals surface area (Å²) in [5.74, 6) is -0.840. The van der Waals surface area contributed by atoms with Crippen molar-refractivity contribution in [2.24, 2.45) is 0 Å². The molecule has 0 aliphatic rings. The average Bonchev–Trinajstić information content (AvgIpc) is 2.91. The highest BCUT2D eigenvalue weighted by atomic mass is 35.5. The van der Waals surface area contributed by atoms with Crippen LogP contribution in [0.5, 0.6) is 0 Å². The second kappa shape index (κ2) is 7.68. The van der Waals surface area contributed by atoms with Crippen LogP contribution in [0.1, 0.15) is 41.6 Å². The zero-order valence-electron chi connectivity index (χ0n) is 13.4. The minimum atomic E-state index is -0.669. The molecule has 2 aromatic rings. The molecule has 0 radical (unpaired) electrons. The molecule has 0 unspecified atom stereocenters. The van der Waals surface area contributed by atoms with E-state index in [2.05, 4.69) is 10.5 Å². The van der Waals surface area contributed by atoms with Gasteiger partial charge in [-0.3, -0.25) is 4.79 Å². The van der Waals surface area contributed by atoms with Crippen molar-refractivity contribution in [3.8, 4) is 0 Å². The SMILES string of the molecule is Cc1noc(C(C)C)c1C(=O)OCC(=O)Nc1c(Cl)cccc1Cl. The maximum atomic E-state index is 12.2. The van der Waals surface area contributed by atoms with E-state index in [1.165, 1.54) is 0 Å². The number of hydrogen-bond acceptors (Lipinski definition) is 5. The van der Waals surface area contributed by atoms with Gasteiger partial charge in [-0.05, 0) is 19.1 Å². The number of esters is 1. The van der Waals surface area contributed by atoms with E-state index in [-0.39, 0.29) is 17.2 Å². The van der Waals surface area contributed by atoms with Gasteiger partial charge in [-0.1, -0.05) is 48.3 Å². The number of amides is 1. The molecule has 0 bridgehead atoms. The molecule has 1 heterocycles. The van der Waals surface area contributed by atoms with Crippen LogP contribution >= 0.6 is 23.2 Å². The number of rotatable bonds is 5. The zero-order chi connectivity index (χ0) is 17.9. The third kappa shape index (κ3) is 4.07. The molecule has 128 valence electrons. The van der Waals surface area contributed by atoms with Gasteiger partial charge in [0.05, 0.1) is 21.4 Å². The van der Waals surface area contributed by atoms with Gasteiger partial charge in [-0.25, -0.2) is 4.79 Å². The molecule has 0 aliphatic carbocycles. The topological polar surface area (TPSA) is 81.4 Å². The van der Waals surface area contributed by atoms with Crippen LogP contribution in [0.15, 0.2) is 22.7 Å². The van der Waals surface area contributed by atoms with E-state index in [0.717, 1.165) is 0 Å². The highest BCUT2D eigenvalue weighted by Crippen LogP contribution is 2.29. The Bertz CT molecular complexity index is 751. The number of halogens is 2. The van der Waals surface area contributed by atoms with Crippen LogP contribution in [-0.2, 0) is 9.53 Å². The smallest absolute Gasteiger partial charge is 0.344 e. The molecule has 1 N–H and O–H groups in total. The number of anilines is 1. The maximum absolute atomic E-state index is 12.2. The van der Waals surface area contributed by atoms with Gasteiger partial charge >= 0.3 is 5.97 Å². The number of para-hydroxylation sites is 1. The van der Waals surface area contributed by atoms with Crippen molar-refractivity contribution in [2.75, 3.05) is 11.9 Å². The van der Waals surface area contributed by atoms with Gasteiger partial charge in [0.1, 0.15) is 5.56 Å². The lowest BCUT2D eigenvalue weighted by molar-refractivity contribution is -0.119. The van der Waals surface area contributed by atoms with Gasteiger partial charge in [0, 0.05) is 5.92 Å². The predicted molar refractivity (Wildman–Crippen MR) is 90.7 cm³/mol. The Kier molecular flexibility index (Phi) is 5.85. The van der Waals surface area contributed by atoms with Gasteiger partial charge in [0.2, 0.25) is 0 Å². The number of aryl methyl sites for hydroxylation is 1. The summed E-state index contributed by atoms with van der Waals surface area (Å²) in [6.45, 7) is 4.88. The van der Waals surface area contributed by atoms with Gasteiger partial charge in [-0.2, -0.15) is 0 Å². The Hall–Kier alpha value is -2.05. The van der Waals surface area contributed by atoms with E-state index < -0.39 is 18.5 Å². The van der Waals surface area contributed by atoms with Gasteiger partial charge in [0.15, 0.2) is 12.4 Å². The molecule has 2 rings (SSSR count). The first kappa shape index (κ1) is 18.3. The molecule has 0 saturated heterocycles. The van der Waals surface area contributed by atoms with Gasteiger partial charge in [-0.15, -0.1) is 0 Å². The van der Waals surface area contributed by atoms with E-state index in [9.17, 15) is 9.59 Å². The quantitative estimate of drug-likeness (QED) is 0.797. The molecule has 1 amide bonds. The summed E-state index contributed by atoms with van der Waals surface area (Å²) in [5, 5.41) is 6.86. The van der Waals surface area contributed by atoms with Crippen LogP contribution in [0, 0.1) is 6.92 Å².